The number of urea groups is 1. The Labute approximate surface area is 118 Å². The van der Waals surface area contributed by atoms with Crippen molar-refractivity contribution < 1.29 is 9.42 Å². The number of para-hydroxylation sites is 1. The first kappa shape index (κ1) is 12.7. The van der Waals surface area contributed by atoms with Crippen molar-refractivity contribution in [2.45, 2.75) is 0 Å². The normalized spacial score (nSPS) is 11.0. The van der Waals surface area contributed by atoms with Gasteiger partial charge in [-0.1, -0.05) is 18.2 Å². The maximum atomic E-state index is 11.5. The van der Waals surface area contributed by atoms with Crippen LogP contribution in [0.15, 0.2) is 40.2 Å². The van der Waals surface area contributed by atoms with Gasteiger partial charge >= 0.3 is 6.03 Å². The van der Waals surface area contributed by atoms with Crippen LogP contribution in [0.5, 0.6) is 0 Å². The molecule has 2 amide bonds. The van der Waals surface area contributed by atoms with Crippen molar-refractivity contribution in [1.82, 2.24) is 20.7 Å². The molecule has 0 radical (unpaired) electrons. The molecule has 0 aliphatic carbocycles. The van der Waals surface area contributed by atoms with E-state index in [0.29, 0.717) is 0 Å². The Morgan fingerprint density at radius 3 is 3.05 bits per heavy atom. The van der Waals surface area contributed by atoms with E-state index >= 15 is 0 Å². The summed E-state index contributed by atoms with van der Waals surface area (Å²) in [5, 5.41) is 13.9. The molecule has 2 heterocycles. The molecule has 0 unspecified atom stereocenters. The van der Waals surface area contributed by atoms with Crippen molar-refractivity contribution in [3.63, 3.8) is 0 Å². The molecule has 0 bridgehead atoms. The summed E-state index contributed by atoms with van der Waals surface area (Å²) >= 11 is 0. The van der Waals surface area contributed by atoms with Crippen LogP contribution in [0.4, 0.5) is 16.4 Å². The fraction of sp³-hybridized carbons (Fsp3) is 0. The monoisotopic (exact) mass is 285 g/mol. The summed E-state index contributed by atoms with van der Waals surface area (Å²) in [5.41, 5.74) is 9.54. The van der Waals surface area contributed by atoms with Gasteiger partial charge in [0.15, 0.2) is 0 Å². The maximum Gasteiger partial charge on any atom is 0.340 e. The number of aromatic amines is 1. The Morgan fingerprint density at radius 2 is 2.24 bits per heavy atom. The molecule has 3 rings (SSSR count). The Kier molecular flexibility index (Phi) is 3.21. The standard InChI is InChI=1S/C12H11N7O2/c13-10-11(19-21-18-10)16-12(20)17-15-6-7-5-14-9-4-2-1-3-8(7)9/h1-6,14H,(H2,13,18)(H2,16,17,19,20)/b15-6+. The molecule has 0 atom stereocenters. The Morgan fingerprint density at radius 1 is 1.38 bits per heavy atom. The largest absolute Gasteiger partial charge is 0.378 e. The molecule has 2 aromatic heterocycles. The predicted molar refractivity (Wildman–Crippen MR) is 76.8 cm³/mol. The average Bonchev–Trinajstić information content (AvgIpc) is 3.07. The SMILES string of the molecule is Nc1nonc1NC(=O)N/N=C/c1c[nH]c2ccccc12. The molecular weight excluding hydrogens is 274 g/mol. The van der Waals surface area contributed by atoms with Crippen molar-refractivity contribution in [1.29, 1.82) is 0 Å². The van der Waals surface area contributed by atoms with Crippen molar-refractivity contribution in [2.75, 3.05) is 11.1 Å². The number of nitrogens with two attached hydrogens (primary N) is 1. The van der Waals surface area contributed by atoms with Gasteiger partial charge < -0.3 is 10.7 Å². The quantitative estimate of drug-likeness (QED) is 0.425. The fourth-order valence-corrected chi connectivity index (χ4v) is 1.78. The Balaban J connectivity index is 1.64. The number of hydrogen-bond acceptors (Lipinski definition) is 6. The third-order valence-electron chi connectivity index (χ3n) is 2.74. The molecule has 0 aliphatic rings. The molecule has 0 fully saturated rings. The molecule has 0 saturated carbocycles. The zero-order chi connectivity index (χ0) is 14.7. The fourth-order valence-electron chi connectivity index (χ4n) is 1.78. The van der Waals surface area contributed by atoms with E-state index in [1.807, 2.05) is 24.3 Å². The summed E-state index contributed by atoms with van der Waals surface area (Å²) in [6, 6.07) is 7.16. The number of carbonyl (C=O) groups is 1. The molecule has 21 heavy (non-hydrogen) atoms. The number of amides is 2. The van der Waals surface area contributed by atoms with Gasteiger partial charge in [0.25, 0.3) is 0 Å². The molecule has 106 valence electrons. The first-order valence-corrected chi connectivity index (χ1v) is 5.98. The van der Waals surface area contributed by atoms with Crippen LogP contribution in [0.2, 0.25) is 0 Å². The zero-order valence-electron chi connectivity index (χ0n) is 10.7. The minimum atomic E-state index is -0.603. The van der Waals surface area contributed by atoms with E-state index in [2.05, 4.69) is 35.8 Å². The van der Waals surface area contributed by atoms with Gasteiger partial charge in [-0.15, -0.1) is 0 Å². The summed E-state index contributed by atoms with van der Waals surface area (Å²) < 4.78 is 4.35. The van der Waals surface area contributed by atoms with E-state index in [-0.39, 0.29) is 11.6 Å². The lowest BCUT2D eigenvalue weighted by Crippen LogP contribution is -2.24. The van der Waals surface area contributed by atoms with Gasteiger partial charge in [-0.05, 0) is 16.4 Å². The molecule has 0 aliphatic heterocycles. The smallest absolute Gasteiger partial charge is 0.340 e. The van der Waals surface area contributed by atoms with E-state index in [0.717, 1.165) is 16.5 Å². The Hall–Kier alpha value is -3.36. The van der Waals surface area contributed by atoms with Crippen LogP contribution < -0.4 is 16.5 Å². The topological polar surface area (TPSA) is 134 Å². The lowest BCUT2D eigenvalue weighted by molar-refractivity contribution is 0.252. The van der Waals surface area contributed by atoms with Crippen LogP contribution in [-0.2, 0) is 0 Å². The second kappa shape index (κ2) is 5.33. The summed E-state index contributed by atoms with van der Waals surface area (Å²) in [4.78, 5) is 14.6. The third kappa shape index (κ3) is 2.66. The number of nitrogens with zero attached hydrogens (tertiary/aromatic N) is 3. The van der Waals surface area contributed by atoms with E-state index in [4.69, 9.17) is 5.73 Å². The average molecular weight is 285 g/mol. The first-order chi connectivity index (χ1) is 10.2. The van der Waals surface area contributed by atoms with Gasteiger partial charge in [0.05, 0.1) is 6.21 Å². The van der Waals surface area contributed by atoms with Crippen molar-refractivity contribution in [3.8, 4) is 0 Å². The molecule has 5 N–H and O–H groups in total. The summed E-state index contributed by atoms with van der Waals surface area (Å²) in [5.74, 6) is 0.0283. The number of anilines is 2. The molecule has 3 aromatic rings. The summed E-state index contributed by atoms with van der Waals surface area (Å²) in [6.07, 6.45) is 3.33. The van der Waals surface area contributed by atoms with E-state index in [1.54, 1.807) is 6.20 Å². The Bertz CT molecular complexity index is 805. The number of carbonyl (C=O) groups excluding carboxylic acids is 1. The van der Waals surface area contributed by atoms with Gasteiger partial charge in [-0.3, -0.25) is 5.32 Å². The van der Waals surface area contributed by atoms with Gasteiger partial charge in [0.2, 0.25) is 11.6 Å². The van der Waals surface area contributed by atoms with Crippen molar-refractivity contribution in [2.24, 2.45) is 5.10 Å². The molecule has 1 aromatic carbocycles. The molecular formula is C12H11N7O2. The van der Waals surface area contributed by atoms with E-state index < -0.39 is 6.03 Å². The van der Waals surface area contributed by atoms with Crippen LogP contribution in [0.3, 0.4) is 0 Å². The van der Waals surface area contributed by atoms with Gasteiger partial charge in [0.1, 0.15) is 0 Å². The highest BCUT2D eigenvalue weighted by Crippen LogP contribution is 2.15. The molecule has 0 saturated heterocycles. The molecule has 9 heteroatoms. The zero-order valence-corrected chi connectivity index (χ0v) is 10.7. The summed E-state index contributed by atoms with van der Waals surface area (Å²) in [7, 11) is 0. The highest BCUT2D eigenvalue weighted by atomic mass is 16.6. The highest BCUT2D eigenvalue weighted by molar-refractivity contribution is 5.99. The van der Waals surface area contributed by atoms with E-state index in [1.165, 1.54) is 6.21 Å². The number of benzene rings is 1. The molecule has 9 nitrogen and oxygen atoms in total. The maximum absolute atomic E-state index is 11.5. The lowest BCUT2D eigenvalue weighted by atomic mass is 10.2. The third-order valence-corrected chi connectivity index (χ3v) is 2.74. The summed E-state index contributed by atoms with van der Waals surface area (Å²) in [6.45, 7) is 0. The number of nitrogen functional groups attached to an aromatic ring is 1. The molecule has 0 spiro atoms. The number of hydrazone groups is 1. The highest BCUT2D eigenvalue weighted by Gasteiger charge is 2.09. The van der Waals surface area contributed by atoms with Crippen LogP contribution in [0.25, 0.3) is 10.9 Å². The number of rotatable bonds is 3. The van der Waals surface area contributed by atoms with Crippen molar-refractivity contribution >= 4 is 34.8 Å². The minimum Gasteiger partial charge on any atom is -0.378 e. The number of aromatic nitrogens is 3. The van der Waals surface area contributed by atoms with Gasteiger partial charge in [-0.25, -0.2) is 14.8 Å². The van der Waals surface area contributed by atoms with Crippen molar-refractivity contribution in [3.05, 3.63) is 36.0 Å². The number of nitrogens with one attached hydrogen (secondary N) is 3. The van der Waals surface area contributed by atoms with Crippen LogP contribution in [0.1, 0.15) is 5.56 Å². The van der Waals surface area contributed by atoms with Crippen LogP contribution in [0, 0.1) is 0 Å². The second-order valence-corrected chi connectivity index (χ2v) is 4.11. The van der Waals surface area contributed by atoms with Crippen LogP contribution in [-0.4, -0.2) is 27.5 Å². The number of fused-ring (bicyclic) bond motifs is 1. The first-order valence-electron chi connectivity index (χ1n) is 5.98. The number of H-pyrrole nitrogens is 1. The van der Waals surface area contributed by atoms with Gasteiger partial charge in [0, 0.05) is 22.7 Å². The number of hydrogen-bond donors (Lipinski definition) is 4. The minimum absolute atomic E-state index is 0.00856. The second-order valence-electron chi connectivity index (χ2n) is 4.11. The van der Waals surface area contributed by atoms with Gasteiger partial charge in [-0.2, -0.15) is 5.10 Å². The predicted octanol–water partition coefficient (Wildman–Crippen LogP) is 1.29. The van der Waals surface area contributed by atoms with E-state index in [9.17, 15) is 4.79 Å². The van der Waals surface area contributed by atoms with Crippen LogP contribution >= 0.6 is 0 Å². The lowest BCUT2D eigenvalue weighted by Gasteiger charge is -1.99.